The molecule has 6 nitrogen and oxygen atoms in total. The molecule has 0 amide bonds. The van der Waals surface area contributed by atoms with Crippen molar-refractivity contribution in [3.63, 3.8) is 0 Å². The first-order valence-electron chi connectivity index (χ1n) is 3.70. The molecule has 72 valence electrons. The Morgan fingerprint density at radius 2 is 1.83 bits per heavy atom. The van der Waals surface area contributed by atoms with Crippen molar-refractivity contribution in [3.05, 3.63) is 0 Å². The number of hydrogen-bond acceptors (Lipinski definition) is 6. The fraction of sp³-hybridized carbons (Fsp3) is 0.833. The van der Waals surface area contributed by atoms with Gasteiger partial charge >= 0.3 is 0 Å². The Labute approximate surface area is 70.1 Å². The van der Waals surface area contributed by atoms with E-state index in [0.717, 1.165) is 0 Å². The molecule has 0 aromatic rings. The van der Waals surface area contributed by atoms with E-state index in [1.807, 2.05) is 0 Å². The quantitative estimate of drug-likeness (QED) is 0.302. The summed E-state index contributed by atoms with van der Waals surface area (Å²) in [7, 11) is 0. The number of carbonyl (C=O) groups is 1. The first kappa shape index (κ1) is 9.56. The Morgan fingerprint density at radius 1 is 1.33 bits per heavy atom. The van der Waals surface area contributed by atoms with E-state index in [9.17, 15) is 4.79 Å². The zero-order valence-corrected chi connectivity index (χ0v) is 6.21. The van der Waals surface area contributed by atoms with Gasteiger partial charge < -0.3 is 25.5 Å². The second kappa shape index (κ2) is 5.18. The lowest BCUT2D eigenvalue weighted by Gasteiger charge is -2.19. The van der Waals surface area contributed by atoms with Gasteiger partial charge in [-0.05, 0) is 0 Å². The number of Topliss-reactive ketones (excluding diaryl/α,β-unsaturated/α-hetero) is 1. The second-order valence-corrected chi connectivity index (χ2v) is 2.15. The standard InChI is InChI=1S/C6H12O6/c7-1-3(9)5(11)6(12)4(10)2-8/h3,5-9,11-12H,1-2H2/t3-,5-,6-/m1/s1/i5D. The minimum Gasteiger partial charge on any atom is -0.394 e. The van der Waals surface area contributed by atoms with Crippen LogP contribution in [0.3, 0.4) is 0 Å². The summed E-state index contributed by atoms with van der Waals surface area (Å²) >= 11 is 0. The van der Waals surface area contributed by atoms with Gasteiger partial charge in [-0.25, -0.2) is 0 Å². The van der Waals surface area contributed by atoms with E-state index in [1.165, 1.54) is 0 Å². The van der Waals surface area contributed by atoms with Crippen LogP contribution >= 0.6 is 0 Å². The number of rotatable bonds is 5. The van der Waals surface area contributed by atoms with Crippen LogP contribution in [-0.4, -0.2) is 62.8 Å². The number of aliphatic hydroxyl groups is 5. The molecule has 0 aliphatic carbocycles. The molecule has 0 aliphatic heterocycles. The highest BCUT2D eigenvalue weighted by Crippen LogP contribution is 2.00. The lowest BCUT2D eigenvalue weighted by atomic mass is 10.1. The van der Waals surface area contributed by atoms with Crippen LogP contribution in [0, 0.1) is 0 Å². The maximum Gasteiger partial charge on any atom is 0.189 e. The summed E-state index contributed by atoms with van der Waals surface area (Å²) in [5.74, 6) is -1.20. The highest BCUT2D eigenvalue weighted by molar-refractivity contribution is 5.84. The van der Waals surface area contributed by atoms with Gasteiger partial charge in [-0.15, -0.1) is 0 Å². The molecule has 0 unspecified atom stereocenters. The normalized spacial score (nSPS) is 22.2. The van der Waals surface area contributed by atoms with Gasteiger partial charge in [0.2, 0.25) is 0 Å². The Balaban J connectivity index is 4.52. The van der Waals surface area contributed by atoms with Crippen LogP contribution in [0.25, 0.3) is 0 Å². The van der Waals surface area contributed by atoms with Crippen molar-refractivity contribution in [3.8, 4) is 0 Å². The van der Waals surface area contributed by atoms with Crippen molar-refractivity contribution in [2.45, 2.75) is 18.3 Å². The zero-order chi connectivity index (χ0) is 10.6. The Morgan fingerprint density at radius 3 is 2.17 bits per heavy atom. The van der Waals surface area contributed by atoms with Crippen LogP contribution in [0.1, 0.15) is 1.37 Å². The molecule has 0 saturated heterocycles. The molecule has 6 heteroatoms. The van der Waals surface area contributed by atoms with Crippen LogP contribution in [0.15, 0.2) is 0 Å². The molecule has 0 fully saturated rings. The molecule has 5 N–H and O–H groups in total. The van der Waals surface area contributed by atoms with Gasteiger partial charge in [0.1, 0.15) is 24.9 Å². The number of hydrogen-bond donors (Lipinski definition) is 5. The molecule has 12 heavy (non-hydrogen) atoms. The average molecular weight is 181 g/mol. The molecule has 0 radical (unpaired) electrons. The lowest BCUT2D eigenvalue weighted by molar-refractivity contribution is -0.142. The predicted molar refractivity (Wildman–Crippen MR) is 37.2 cm³/mol. The van der Waals surface area contributed by atoms with Gasteiger partial charge in [-0.3, -0.25) is 4.79 Å². The van der Waals surface area contributed by atoms with Crippen molar-refractivity contribution < 1.29 is 31.7 Å². The summed E-state index contributed by atoms with van der Waals surface area (Å²) in [6.45, 7) is -2.03. The Bertz CT molecular complexity index is 182. The molecular formula is C6H12O6. The molecule has 0 heterocycles. The number of aliphatic hydroxyl groups excluding tert-OH is 4. The van der Waals surface area contributed by atoms with Gasteiger partial charge in [-0.1, -0.05) is 0 Å². The van der Waals surface area contributed by atoms with E-state index in [-0.39, 0.29) is 0 Å². The van der Waals surface area contributed by atoms with Gasteiger partial charge in [0.25, 0.3) is 0 Å². The van der Waals surface area contributed by atoms with E-state index in [2.05, 4.69) is 0 Å². The summed E-state index contributed by atoms with van der Waals surface area (Å²) in [4.78, 5) is 10.6. The average Bonchev–Trinajstić information content (AvgIpc) is 2.13. The minimum atomic E-state index is -2.91. The zero-order valence-electron chi connectivity index (χ0n) is 7.21. The van der Waals surface area contributed by atoms with Crippen molar-refractivity contribution in [2.75, 3.05) is 13.2 Å². The third kappa shape index (κ3) is 2.84. The van der Waals surface area contributed by atoms with Crippen molar-refractivity contribution in [2.24, 2.45) is 0 Å². The van der Waals surface area contributed by atoms with Crippen LogP contribution in [0.4, 0.5) is 0 Å². The molecule has 3 atom stereocenters. The van der Waals surface area contributed by atoms with Crippen molar-refractivity contribution in [1.29, 1.82) is 0 Å². The maximum atomic E-state index is 10.6. The monoisotopic (exact) mass is 181 g/mol. The Hall–Kier alpha value is -0.530. The summed E-state index contributed by atoms with van der Waals surface area (Å²) < 4.78 is 6.94. The summed E-state index contributed by atoms with van der Waals surface area (Å²) in [6, 6.07) is 0. The summed E-state index contributed by atoms with van der Waals surface area (Å²) in [5, 5.41) is 43.4. The topological polar surface area (TPSA) is 118 Å². The fourth-order valence-electron chi connectivity index (χ4n) is 0.527. The van der Waals surface area contributed by atoms with Crippen LogP contribution in [-0.2, 0) is 4.79 Å². The summed E-state index contributed by atoms with van der Waals surface area (Å²) in [5.41, 5.74) is 0. The van der Waals surface area contributed by atoms with E-state index in [1.54, 1.807) is 0 Å². The molecule has 0 bridgehead atoms. The largest absolute Gasteiger partial charge is 0.394 e. The lowest BCUT2D eigenvalue weighted by Crippen LogP contribution is -2.44. The highest BCUT2D eigenvalue weighted by Gasteiger charge is 2.28. The summed E-state index contributed by atoms with van der Waals surface area (Å²) in [6.07, 6.45) is -7.13. The second-order valence-electron chi connectivity index (χ2n) is 2.15. The SMILES string of the molecule is [2H][C@@](O)([C@H](O)CO)[C@H](O)C(=O)CO. The van der Waals surface area contributed by atoms with E-state index in [0.29, 0.717) is 0 Å². The molecule has 0 aromatic heterocycles. The molecule has 0 aliphatic rings. The molecule has 0 spiro atoms. The fourth-order valence-corrected chi connectivity index (χ4v) is 0.527. The highest BCUT2D eigenvalue weighted by atomic mass is 16.4. The minimum absolute atomic E-state index is 0.976. The maximum absolute atomic E-state index is 10.6. The smallest absolute Gasteiger partial charge is 0.189 e. The third-order valence-electron chi connectivity index (χ3n) is 1.26. The number of ketones is 1. The first-order valence-corrected chi connectivity index (χ1v) is 3.20. The van der Waals surface area contributed by atoms with E-state index in [4.69, 9.17) is 26.9 Å². The molecule has 0 aromatic carbocycles. The predicted octanol–water partition coefficient (Wildman–Crippen LogP) is -3.38. The first-order chi connectivity index (χ1) is 5.87. The van der Waals surface area contributed by atoms with Gasteiger partial charge in [0.05, 0.1) is 7.98 Å². The van der Waals surface area contributed by atoms with Gasteiger partial charge in [-0.2, -0.15) is 0 Å². The van der Waals surface area contributed by atoms with Crippen LogP contribution < -0.4 is 0 Å². The Kier molecular flexibility index (Phi) is 4.12. The van der Waals surface area contributed by atoms with E-state index >= 15 is 0 Å². The molecular weight excluding hydrogens is 168 g/mol. The van der Waals surface area contributed by atoms with Gasteiger partial charge in [0, 0.05) is 0 Å². The van der Waals surface area contributed by atoms with Crippen LogP contribution in [0.2, 0.25) is 0 Å². The molecule has 0 saturated carbocycles. The van der Waals surface area contributed by atoms with Gasteiger partial charge in [0.15, 0.2) is 5.78 Å². The van der Waals surface area contributed by atoms with Crippen molar-refractivity contribution in [1.82, 2.24) is 0 Å². The third-order valence-corrected chi connectivity index (χ3v) is 1.26. The van der Waals surface area contributed by atoms with Crippen LogP contribution in [0.5, 0.6) is 0 Å². The van der Waals surface area contributed by atoms with E-state index < -0.39 is 37.3 Å². The van der Waals surface area contributed by atoms with Crippen molar-refractivity contribution >= 4 is 5.78 Å². The number of carbonyl (C=O) groups excluding carboxylic acids is 1. The molecule has 0 rings (SSSR count).